The summed E-state index contributed by atoms with van der Waals surface area (Å²) in [6.45, 7) is 1.86. The van der Waals surface area contributed by atoms with Gasteiger partial charge in [0.05, 0.1) is 0 Å². The van der Waals surface area contributed by atoms with E-state index in [2.05, 4.69) is 15.8 Å². The smallest absolute Gasteiger partial charge is 0.273 e. The molecule has 2 aromatic rings. The lowest BCUT2D eigenvalue weighted by molar-refractivity contribution is 0.0920. The molecule has 0 radical (unpaired) electrons. The van der Waals surface area contributed by atoms with Crippen LogP contribution in [0.15, 0.2) is 34.9 Å². The molecule has 0 spiro atoms. The highest BCUT2D eigenvalue weighted by Crippen LogP contribution is 2.23. The number of carbonyl (C=O) groups excluding carboxylic acids is 1. The number of rotatable bonds is 3. The van der Waals surface area contributed by atoms with E-state index >= 15 is 0 Å². The number of nitrogens with one attached hydrogen (secondary N) is 2. The molecule has 1 aliphatic heterocycles. The number of halogens is 1. The first-order chi connectivity index (χ1) is 10.2. The van der Waals surface area contributed by atoms with Gasteiger partial charge in [0.1, 0.15) is 0 Å². The molecule has 1 fully saturated rings. The molecular formula is C15H16ClN3O2. The van der Waals surface area contributed by atoms with E-state index in [9.17, 15) is 4.79 Å². The number of aromatic nitrogens is 1. The van der Waals surface area contributed by atoms with E-state index in [1.807, 2.05) is 12.1 Å². The van der Waals surface area contributed by atoms with Crippen molar-refractivity contribution in [3.05, 3.63) is 41.0 Å². The van der Waals surface area contributed by atoms with Crippen molar-refractivity contribution in [2.75, 3.05) is 13.1 Å². The van der Waals surface area contributed by atoms with E-state index in [0.29, 0.717) is 16.5 Å². The summed E-state index contributed by atoms with van der Waals surface area (Å²) in [6.07, 6.45) is 1.87. The van der Waals surface area contributed by atoms with Crippen LogP contribution in [0.3, 0.4) is 0 Å². The Kier molecular flexibility index (Phi) is 4.22. The molecule has 3 rings (SSSR count). The Hall–Kier alpha value is -1.85. The van der Waals surface area contributed by atoms with Crippen LogP contribution in [0.1, 0.15) is 23.3 Å². The zero-order valence-electron chi connectivity index (χ0n) is 11.4. The first-order valence-electron chi connectivity index (χ1n) is 6.96. The molecule has 6 heteroatoms. The summed E-state index contributed by atoms with van der Waals surface area (Å²) in [5.74, 6) is 0.340. The second kappa shape index (κ2) is 6.28. The van der Waals surface area contributed by atoms with Crippen molar-refractivity contribution in [1.82, 2.24) is 15.8 Å². The molecule has 2 heterocycles. The molecule has 1 aromatic heterocycles. The molecule has 0 unspecified atom stereocenters. The van der Waals surface area contributed by atoms with Gasteiger partial charge in [0.25, 0.3) is 5.91 Å². The van der Waals surface area contributed by atoms with Gasteiger partial charge in [-0.3, -0.25) is 4.79 Å². The molecule has 1 aliphatic rings. The van der Waals surface area contributed by atoms with Crippen LogP contribution >= 0.6 is 11.6 Å². The fourth-order valence-electron chi connectivity index (χ4n) is 2.39. The second-order valence-electron chi connectivity index (χ2n) is 5.08. The van der Waals surface area contributed by atoms with E-state index in [0.717, 1.165) is 31.5 Å². The van der Waals surface area contributed by atoms with Crippen molar-refractivity contribution in [3.8, 4) is 11.3 Å². The number of carbonyl (C=O) groups is 1. The second-order valence-corrected chi connectivity index (χ2v) is 5.52. The standard InChI is InChI=1S/C15H16ClN3O2/c16-11-3-1-2-10(8-11)14-9-13(19-21-14)15(20)18-12-4-6-17-7-5-12/h1-3,8-9,12,17H,4-7H2,(H,18,20). The first-order valence-corrected chi connectivity index (χ1v) is 7.34. The fraction of sp³-hybridized carbons (Fsp3) is 0.333. The third kappa shape index (κ3) is 3.43. The number of amides is 1. The predicted octanol–water partition coefficient (Wildman–Crippen LogP) is 2.48. The van der Waals surface area contributed by atoms with Crippen LogP contribution < -0.4 is 10.6 Å². The normalized spacial score (nSPS) is 15.9. The monoisotopic (exact) mass is 305 g/mol. The summed E-state index contributed by atoms with van der Waals surface area (Å²) in [6, 6.07) is 9.09. The van der Waals surface area contributed by atoms with Gasteiger partial charge in [0.2, 0.25) is 0 Å². The van der Waals surface area contributed by atoms with Gasteiger partial charge < -0.3 is 15.2 Å². The van der Waals surface area contributed by atoms with E-state index in [1.165, 1.54) is 0 Å². The quantitative estimate of drug-likeness (QED) is 0.914. The molecule has 1 amide bonds. The Morgan fingerprint density at radius 2 is 2.14 bits per heavy atom. The molecule has 0 aliphatic carbocycles. The minimum absolute atomic E-state index is 0.195. The third-order valence-corrected chi connectivity index (χ3v) is 3.76. The zero-order chi connectivity index (χ0) is 14.7. The molecule has 5 nitrogen and oxygen atoms in total. The van der Waals surface area contributed by atoms with Gasteiger partial charge in [0.15, 0.2) is 11.5 Å². The number of nitrogens with zero attached hydrogens (tertiary/aromatic N) is 1. The van der Waals surface area contributed by atoms with Crippen molar-refractivity contribution in [3.63, 3.8) is 0 Å². The van der Waals surface area contributed by atoms with Crippen LogP contribution in [0.4, 0.5) is 0 Å². The van der Waals surface area contributed by atoms with Crippen LogP contribution in [0.5, 0.6) is 0 Å². The highest BCUT2D eigenvalue weighted by atomic mass is 35.5. The van der Waals surface area contributed by atoms with Gasteiger partial charge in [-0.05, 0) is 38.1 Å². The minimum atomic E-state index is -0.195. The molecule has 110 valence electrons. The third-order valence-electron chi connectivity index (χ3n) is 3.53. The maximum Gasteiger partial charge on any atom is 0.273 e. The zero-order valence-corrected chi connectivity index (χ0v) is 12.2. The lowest BCUT2D eigenvalue weighted by Gasteiger charge is -2.23. The van der Waals surface area contributed by atoms with Gasteiger partial charge in [-0.2, -0.15) is 0 Å². The van der Waals surface area contributed by atoms with Crippen molar-refractivity contribution in [2.45, 2.75) is 18.9 Å². The molecular weight excluding hydrogens is 290 g/mol. The van der Waals surface area contributed by atoms with Crippen molar-refractivity contribution in [1.29, 1.82) is 0 Å². The van der Waals surface area contributed by atoms with E-state index < -0.39 is 0 Å². The summed E-state index contributed by atoms with van der Waals surface area (Å²) >= 11 is 5.95. The molecule has 2 N–H and O–H groups in total. The highest BCUT2D eigenvalue weighted by molar-refractivity contribution is 6.30. The van der Waals surface area contributed by atoms with Gasteiger partial charge in [0, 0.05) is 22.7 Å². The maximum atomic E-state index is 12.1. The number of benzene rings is 1. The van der Waals surface area contributed by atoms with E-state index in [-0.39, 0.29) is 11.9 Å². The number of piperidine rings is 1. The largest absolute Gasteiger partial charge is 0.355 e. The van der Waals surface area contributed by atoms with E-state index in [4.69, 9.17) is 16.1 Å². The summed E-state index contributed by atoms with van der Waals surface area (Å²) in [5.41, 5.74) is 1.10. The predicted molar refractivity (Wildman–Crippen MR) is 80.3 cm³/mol. The maximum absolute atomic E-state index is 12.1. The van der Waals surface area contributed by atoms with Gasteiger partial charge >= 0.3 is 0 Å². The topological polar surface area (TPSA) is 67.2 Å². The number of hydrogen-bond donors (Lipinski definition) is 2. The van der Waals surface area contributed by atoms with Crippen molar-refractivity contribution >= 4 is 17.5 Å². The number of hydrogen-bond acceptors (Lipinski definition) is 4. The fourth-order valence-corrected chi connectivity index (χ4v) is 2.58. The van der Waals surface area contributed by atoms with Gasteiger partial charge in [-0.1, -0.05) is 28.9 Å². The van der Waals surface area contributed by atoms with E-state index in [1.54, 1.807) is 18.2 Å². The molecule has 1 aromatic carbocycles. The average Bonchev–Trinajstić information content (AvgIpc) is 2.98. The Labute approximate surface area is 127 Å². The van der Waals surface area contributed by atoms with Gasteiger partial charge in [-0.25, -0.2) is 0 Å². The molecule has 21 heavy (non-hydrogen) atoms. The lowest BCUT2D eigenvalue weighted by Crippen LogP contribution is -2.42. The molecule has 0 bridgehead atoms. The average molecular weight is 306 g/mol. The summed E-state index contributed by atoms with van der Waals surface area (Å²) in [4.78, 5) is 12.1. The van der Waals surface area contributed by atoms with Crippen LogP contribution in [0.2, 0.25) is 5.02 Å². The Morgan fingerprint density at radius 3 is 2.90 bits per heavy atom. The summed E-state index contributed by atoms with van der Waals surface area (Å²) in [7, 11) is 0. The van der Waals surface area contributed by atoms with Crippen LogP contribution in [-0.4, -0.2) is 30.2 Å². The first kappa shape index (κ1) is 14.1. The minimum Gasteiger partial charge on any atom is -0.355 e. The van der Waals surface area contributed by atoms with Crippen molar-refractivity contribution < 1.29 is 9.32 Å². The Bertz CT molecular complexity index is 635. The molecule has 1 saturated heterocycles. The summed E-state index contributed by atoms with van der Waals surface area (Å²) < 4.78 is 5.23. The van der Waals surface area contributed by atoms with Crippen LogP contribution in [0, 0.1) is 0 Å². The van der Waals surface area contributed by atoms with Crippen LogP contribution in [-0.2, 0) is 0 Å². The van der Waals surface area contributed by atoms with Crippen molar-refractivity contribution in [2.24, 2.45) is 0 Å². The highest BCUT2D eigenvalue weighted by Gasteiger charge is 2.19. The molecule has 0 atom stereocenters. The SMILES string of the molecule is O=C(NC1CCNCC1)c1cc(-c2cccc(Cl)c2)on1. The van der Waals surface area contributed by atoms with Crippen LogP contribution in [0.25, 0.3) is 11.3 Å². The van der Waals surface area contributed by atoms with Gasteiger partial charge in [-0.15, -0.1) is 0 Å². The Balaban J connectivity index is 1.70. The Morgan fingerprint density at radius 1 is 1.33 bits per heavy atom. The lowest BCUT2D eigenvalue weighted by atomic mass is 10.1. The molecule has 0 saturated carbocycles. The summed E-state index contributed by atoms with van der Waals surface area (Å²) in [5, 5.41) is 10.7.